The Bertz CT molecular complexity index is 649. The van der Waals surface area contributed by atoms with Crippen molar-refractivity contribution in [1.82, 2.24) is 4.98 Å². The minimum absolute atomic E-state index is 0.0716. The molecule has 0 atom stereocenters. The van der Waals surface area contributed by atoms with E-state index < -0.39 is 11.7 Å². The number of hydrogen-bond donors (Lipinski definition) is 2. The van der Waals surface area contributed by atoms with Gasteiger partial charge >= 0.3 is 0 Å². The fourth-order valence-electron chi connectivity index (χ4n) is 1.39. The fraction of sp³-hybridized carbons (Fsp3) is 0. The van der Waals surface area contributed by atoms with E-state index in [1.165, 1.54) is 24.4 Å². The van der Waals surface area contributed by atoms with E-state index in [4.69, 9.17) is 27.8 Å². The van der Waals surface area contributed by atoms with E-state index >= 15 is 0 Å². The standard InChI is InChI=1S/C12H9ClFN3O2/c13-10-9(3-4-17-11(10)12(16)18)19-8-2-1-6(15)5-7(8)14/h1-5H,15H2,(H2,16,18). The van der Waals surface area contributed by atoms with Crippen molar-refractivity contribution in [3.63, 3.8) is 0 Å². The smallest absolute Gasteiger partial charge is 0.268 e. The summed E-state index contributed by atoms with van der Waals surface area (Å²) in [6.07, 6.45) is 1.29. The first kappa shape index (κ1) is 13.1. The second-order valence-electron chi connectivity index (χ2n) is 3.63. The van der Waals surface area contributed by atoms with Gasteiger partial charge in [-0.3, -0.25) is 4.79 Å². The van der Waals surface area contributed by atoms with Crippen LogP contribution in [-0.2, 0) is 0 Å². The first-order chi connectivity index (χ1) is 8.99. The van der Waals surface area contributed by atoms with Crippen LogP contribution in [0.2, 0.25) is 5.02 Å². The number of carbonyl (C=O) groups excluding carboxylic acids is 1. The number of carbonyl (C=O) groups is 1. The van der Waals surface area contributed by atoms with Gasteiger partial charge in [0.15, 0.2) is 11.6 Å². The molecule has 0 bridgehead atoms. The largest absolute Gasteiger partial charge is 0.453 e. The highest BCUT2D eigenvalue weighted by Gasteiger charge is 2.15. The van der Waals surface area contributed by atoms with Crippen LogP contribution in [0.4, 0.5) is 10.1 Å². The average Bonchev–Trinajstić information content (AvgIpc) is 2.34. The Labute approximate surface area is 112 Å². The third-order valence-electron chi connectivity index (χ3n) is 2.26. The van der Waals surface area contributed by atoms with Crippen LogP contribution in [-0.4, -0.2) is 10.9 Å². The van der Waals surface area contributed by atoms with Crippen LogP contribution >= 0.6 is 11.6 Å². The molecule has 1 aromatic carbocycles. The summed E-state index contributed by atoms with van der Waals surface area (Å²) in [6, 6.07) is 5.33. The molecule has 0 aliphatic rings. The Hall–Kier alpha value is -2.34. The molecule has 4 N–H and O–H groups in total. The van der Waals surface area contributed by atoms with Crippen LogP contribution in [0, 0.1) is 5.82 Å². The molecule has 1 amide bonds. The van der Waals surface area contributed by atoms with Crippen LogP contribution in [0.3, 0.4) is 0 Å². The predicted molar refractivity (Wildman–Crippen MR) is 68.7 cm³/mol. The zero-order valence-electron chi connectivity index (χ0n) is 9.56. The summed E-state index contributed by atoms with van der Waals surface area (Å²) in [5.41, 5.74) is 10.6. The molecule has 0 fully saturated rings. The van der Waals surface area contributed by atoms with Crippen molar-refractivity contribution in [2.45, 2.75) is 0 Å². The zero-order valence-corrected chi connectivity index (χ0v) is 10.3. The average molecular weight is 282 g/mol. The first-order valence-corrected chi connectivity index (χ1v) is 5.54. The number of nitrogen functional groups attached to an aromatic ring is 1. The van der Waals surface area contributed by atoms with Gasteiger partial charge in [0.1, 0.15) is 16.5 Å². The van der Waals surface area contributed by atoms with Crippen LogP contribution < -0.4 is 16.2 Å². The number of halogens is 2. The third-order valence-corrected chi connectivity index (χ3v) is 2.63. The lowest BCUT2D eigenvalue weighted by Gasteiger charge is -2.09. The molecule has 19 heavy (non-hydrogen) atoms. The lowest BCUT2D eigenvalue weighted by Crippen LogP contribution is -2.13. The number of pyridine rings is 1. The summed E-state index contributed by atoms with van der Waals surface area (Å²) in [5, 5.41) is -0.0776. The number of amides is 1. The van der Waals surface area contributed by atoms with Crippen LogP contribution in [0.1, 0.15) is 10.5 Å². The SMILES string of the molecule is NC(=O)c1nccc(Oc2ccc(N)cc2F)c1Cl. The normalized spacial score (nSPS) is 10.2. The van der Waals surface area contributed by atoms with Gasteiger partial charge in [-0.05, 0) is 12.1 Å². The molecule has 1 aromatic heterocycles. The zero-order chi connectivity index (χ0) is 14.0. The molecule has 1 heterocycles. The van der Waals surface area contributed by atoms with E-state index in [1.54, 1.807) is 0 Å². The molecule has 98 valence electrons. The quantitative estimate of drug-likeness (QED) is 0.845. The molecular weight excluding hydrogens is 273 g/mol. The maximum absolute atomic E-state index is 13.6. The number of benzene rings is 1. The van der Waals surface area contributed by atoms with Crippen LogP contribution in [0.15, 0.2) is 30.5 Å². The van der Waals surface area contributed by atoms with Gasteiger partial charge in [-0.1, -0.05) is 11.6 Å². The Morgan fingerprint density at radius 1 is 1.32 bits per heavy atom. The van der Waals surface area contributed by atoms with Crippen molar-refractivity contribution in [3.05, 3.63) is 47.0 Å². The van der Waals surface area contributed by atoms with Gasteiger partial charge in [-0.2, -0.15) is 0 Å². The van der Waals surface area contributed by atoms with E-state index in [9.17, 15) is 9.18 Å². The van der Waals surface area contributed by atoms with Crippen molar-refractivity contribution in [3.8, 4) is 11.5 Å². The van der Waals surface area contributed by atoms with Crippen LogP contribution in [0.5, 0.6) is 11.5 Å². The summed E-state index contributed by atoms with van der Waals surface area (Å²) < 4.78 is 18.8. The Morgan fingerprint density at radius 3 is 2.68 bits per heavy atom. The topological polar surface area (TPSA) is 91.2 Å². The number of hydrogen-bond acceptors (Lipinski definition) is 4. The highest BCUT2D eigenvalue weighted by atomic mass is 35.5. The van der Waals surface area contributed by atoms with Gasteiger partial charge in [0.2, 0.25) is 0 Å². The molecule has 2 aromatic rings. The molecule has 0 saturated heterocycles. The van der Waals surface area contributed by atoms with Crippen molar-refractivity contribution in [1.29, 1.82) is 0 Å². The highest BCUT2D eigenvalue weighted by Crippen LogP contribution is 2.32. The minimum atomic E-state index is -0.798. The lowest BCUT2D eigenvalue weighted by atomic mass is 10.3. The van der Waals surface area contributed by atoms with Gasteiger partial charge in [0, 0.05) is 24.0 Å². The van der Waals surface area contributed by atoms with E-state index in [0.29, 0.717) is 0 Å². The summed E-state index contributed by atoms with van der Waals surface area (Å²) in [6.45, 7) is 0. The summed E-state index contributed by atoms with van der Waals surface area (Å²) in [7, 11) is 0. The molecule has 0 saturated carbocycles. The van der Waals surface area contributed by atoms with Crippen molar-refractivity contribution >= 4 is 23.2 Å². The van der Waals surface area contributed by atoms with Crippen LogP contribution in [0.25, 0.3) is 0 Å². The van der Waals surface area contributed by atoms with Gasteiger partial charge in [0.25, 0.3) is 5.91 Å². The minimum Gasteiger partial charge on any atom is -0.453 e. The van der Waals surface area contributed by atoms with Gasteiger partial charge in [0.05, 0.1) is 0 Å². The van der Waals surface area contributed by atoms with Crippen molar-refractivity contribution in [2.24, 2.45) is 5.73 Å². The third kappa shape index (κ3) is 2.74. The number of aromatic nitrogens is 1. The Balaban J connectivity index is 2.38. The molecule has 0 unspecified atom stereocenters. The Morgan fingerprint density at radius 2 is 2.05 bits per heavy atom. The maximum Gasteiger partial charge on any atom is 0.268 e. The second-order valence-corrected chi connectivity index (χ2v) is 4.01. The fourth-order valence-corrected chi connectivity index (χ4v) is 1.64. The van der Waals surface area contributed by atoms with E-state index in [1.807, 2.05) is 0 Å². The molecular formula is C12H9ClFN3O2. The molecule has 0 aliphatic carbocycles. The summed E-state index contributed by atoms with van der Waals surface area (Å²) in [4.78, 5) is 14.8. The predicted octanol–water partition coefficient (Wildman–Crippen LogP) is 2.35. The number of ether oxygens (including phenoxy) is 1. The number of primary amides is 1. The number of nitrogens with two attached hydrogens (primary N) is 2. The molecule has 0 aliphatic heterocycles. The molecule has 5 nitrogen and oxygen atoms in total. The maximum atomic E-state index is 13.6. The number of anilines is 1. The number of rotatable bonds is 3. The second kappa shape index (κ2) is 5.11. The van der Waals surface area contributed by atoms with E-state index in [2.05, 4.69) is 4.98 Å². The van der Waals surface area contributed by atoms with Crippen molar-refractivity contribution in [2.75, 3.05) is 5.73 Å². The number of nitrogens with zero attached hydrogens (tertiary/aromatic N) is 1. The molecule has 2 rings (SSSR count). The Kier molecular flexibility index (Phi) is 3.52. The summed E-state index contributed by atoms with van der Waals surface area (Å²) in [5.74, 6) is -1.44. The van der Waals surface area contributed by atoms with Gasteiger partial charge < -0.3 is 16.2 Å². The van der Waals surface area contributed by atoms with Gasteiger partial charge in [-0.15, -0.1) is 0 Å². The van der Waals surface area contributed by atoms with Crippen molar-refractivity contribution < 1.29 is 13.9 Å². The molecule has 7 heteroatoms. The van der Waals surface area contributed by atoms with E-state index in [0.717, 1.165) is 6.07 Å². The first-order valence-electron chi connectivity index (χ1n) is 5.16. The highest BCUT2D eigenvalue weighted by molar-refractivity contribution is 6.34. The summed E-state index contributed by atoms with van der Waals surface area (Å²) >= 11 is 5.90. The monoisotopic (exact) mass is 281 g/mol. The molecule has 0 spiro atoms. The molecule has 0 radical (unpaired) electrons. The van der Waals surface area contributed by atoms with E-state index in [-0.39, 0.29) is 27.9 Å². The lowest BCUT2D eigenvalue weighted by molar-refractivity contribution is 0.0995. The van der Waals surface area contributed by atoms with Gasteiger partial charge in [-0.25, -0.2) is 9.37 Å².